The van der Waals surface area contributed by atoms with Crippen LogP contribution in [0.25, 0.3) is 0 Å². The molecule has 1 amide bonds. The number of amides is 1. The van der Waals surface area contributed by atoms with Gasteiger partial charge < -0.3 is 20.5 Å². The summed E-state index contributed by atoms with van der Waals surface area (Å²) in [4.78, 5) is 13.1. The van der Waals surface area contributed by atoms with Gasteiger partial charge in [0.15, 0.2) is 0 Å². The summed E-state index contributed by atoms with van der Waals surface area (Å²) in [6.45, 7) is 3.09. The Morgan fingerprint density at radius 3 is 3.08 bits per heavy atom. The zero-order chi connectivity index (χ0) is 9.84. The molecular formula is C8H16N2O3. The third-order valence-electron chi connectivity index (χ3n) is 2.04. The van der Waals surface area contributed by atoms with Crippen molar-refractivity contribution in [3.63, 3.8) is 0 Å². The van der Waals surface area contributed by atoms with Crippen LogP contribution >= 0.6 is 0 Å². The number of nitrogens with two attached hydrogens (primary N) is 1. The van der Waals surface area contributed by atoms with Crippen molar-refractivity contribution in [3.8, 4) is 0 Å². The molecule has 0 aromatic carbocycles. The molecule has 76 valence electrons. The van der Waals surface area contributed by atoms with Crippen LogP contribution in [0.3, 0.4) is 0 Å². The average molecular weight is 188 g/mol. The third-order valence-corrected chi connectivity index (χ3v) is 2.04. The molecule has 1 fully saturated rings. The summed E-state index contributed by atoms with van der Waals surface area (Å²) in [7, 11) is 0. The van der Waals surface area contributed by atoms with E-state index in [-0.39, 0.29) is 18.6 Å². The van der Waals surface area contributed by atoms with Gasteiger partial charge in [0.05, 0.1) is 25.4 Å². The number of aliphatic hydroxyl groups excluding tert-OH is 1. The van der Waals surface area contributed by atoms with Crippen molar-refractivity contribution in [1.82, 2.24) is 4.90 Å². The fourth-order valence-electron chi connectivity index (χ4n) is 1.32. The summed E-state index contributed by atoms with van der Waals surface area (Å²) in [5, 5.41) is 8.83. The van der Waals surface area contributed by atoms with E-state index in [4.69, 9.17) is 15.6 Å². The molecule has 0 aromatic heterocycles. The Morgan fingerprint density at radius 2 is 2.54 bits per heavy atom. The predicted octanol–water partition coefficient (Wildman–Crippen LogP) is -1.45. The van der Waals surface area contributed by atoms with Gasteiger partial charge in [-0.15, -0.1) is 0 Å². The van der Waals surface area contributed by atoms with Crippen molar-refractivity contribution >= 4 is 5.91 Å². The number of nitrogens with zero attached hydrogens (tertiary/aromatic N) is 1. The summed E-state index contributed by atoms with van der Waals surface area (Å²) in [5.74, 6) is -0.0817. The van der Waals surface area contributed by atoms with Crippen LogP contribution < -0.4 is 5.73 Å². The molecule has 1 saturated heterocycles. The lowest BCUT2D eigenvalue weighted by Gasteiger charge is -2.32. The van der Waals surface area contributed by atoms with Gasteiger partial charge in [0.25, 0.3) is 0 Å². The minimum Gasteiger partial charge on any atom is -0.394 e. The lowest BCUT2D eigenvalue weighted by molar-refractivity contribution is -0.141. The Hall–Kier alpha value is -0.650. The number of carbonyl (C=O) groups is 1. The summed E-state index contributed by atoms with van der Waals surface area (Å²) in [6, 6.07) is -0.475. The quantitative estimate of drug-likeness (QED) is 0.556. The Balaban J connectivity index is 2.46. The Kier molecular flexibility index (Phi) is 3.65. The molecule has 1 heterocycles. The first-order chi connectivity index (χ1) is 6.15. The number of hydrogen-bond acceptors (Lipinski definition) is 4. The van der Waals surface area contributed by atoms with E-state index in [2.05, 4.69) is 0 Å². The second-order valence-electron chi connectivity index (χ2n) is 3.25. The summed E-state index contributed by atoms with van der Waals surface area (Å²) in [5.41, 5.74) is 5.46. The number of morpholine rings is 1. The maximum atomic E-state index is 11.4. The van der Waals surface area contributed by atoms with E-state index in [9.17, 15) is 4.79 Å². The van der Waals surface area contributed by atoms with E-state index >= 15 is 0 Å². The maximum absolute atomic E-state index is 11.4. The molecule has 3 N–H and O–H groups in total. The van der Waals surface area contributed by atoms with Gasteiger partial charge in [-0.25, -0.2) is 0 Å². The second-order valence-corrected chi connectivity index (χ2v) is 3.25. The molecule has 5 nitrogen and oxygen atoms in total. The van der Waals surface area contributed by atoms with E-state index in [0.29, 0.717) is 19.7 Å². The van der Waals surface area contributed by atoms with Gasteiger partial charge >= 0.3 is 0 Å². The standard InChI is InChI=1S/C8H16N2O3/c1-6(9)8(12)10-2-3-13-7(4-10)5-11/h6-7,11H,2-5,9H2,1H3/t6-,7?/m0/s1. The van der Waals surface area contributed by atoms with E-state index in [0.717, 1.165) is 0 Å². The highest BCUT2D eigenvalue weighted by molar-refractivity contribution is 5.81. The van der Waals surface area contributed by atoms with Gasteiger partial charge in [0.2, 0.25) is 5.91 Å². The molecule has 5 heteroatoms. The van der Waals surface area contributed by atoms with Crippen LogP contribution in [0.2, 0.25) is 0 Å². The topological polar surface area (TPSA) is 75.8 Å². The fraction of sp³-hybridized carbons (Fsp3) is 0.875. The number of carbonyl (C=O) groups excluding carboxylic acids is 1. The number of ether oxygens (including phenoxy) is 1. The van der Waals surface area contributed by atoms with Crippen LogP contribution in [0, 0.1) is 0 Å². The average Bonchev–Trinajstić information content (AvgIpc) is 2.16. The zero-order valence-electron chi connectivity index (χ0n) is 7.77. The molecule has 0 aliphatic carbocycles. The number of rotatable bonds is 2. The van der Waals surface area contributed by atoms with Crippen molar-refractivity contribution in [2.75, 3.05) is 26.3 Å². The lowest BCUT2D eigenvalue weighted by atomic mass is 10.2. The highest BCUT2D eigenvalue weighted by Crippen LogP contribution is 2.05. The lowest BCUT2D eigenvalue weighted by Crippen LogP contribution is -2.51. The molecule has 0 aromatic rings. The normalized spacial score (nSPS) is 25.8. The van der Waals surface area contributed by atoms with Gasteiger partial charge in [-0.05, 0) is 6.92 Å². The third kappa shape index (κ3) is 2.65. The van der Waals surface area contributed by atoms with Gasteiger partial charge in [-0.3, -0.25) is 4.79 Å². The molecule has 0 bridgehead atoms. The molecule has 1 rings (SSSR count). The first-order valence-corrected chi connectivity index (χ1v) is 4.42. The van der Waals surface area contributed by atoms with Crippen molar-refractivity contribution < 1.29 is 14.6 Å². The van der Waals surface area contributed by atoms with Crippen LogP contribution in [-0.2, 0) is 9.53 Å². The highest BCUT2D eigenvalue weighted by Gasteiger charge is 2.25. The largest absolute Gasteiger partial charge is 0.394 e. The van der Waals surface area contributed by atoms with Crippen molar-refractivity contribution in [2.45, 2.75) is 19.1 Å². The Labute approximate surface area is 77.5 Å². The van der Waals surface area contributed by atoms with Crippen LogP contribution in [0.1, 0.15) is 6.92 Å². The van der Waals surface area contributed by atoms with Gasteiger partial charge in [0, 0.05) is 13.1 Å². The monoisotopic (exact) mass is 188 g/mol. The fourth-order valence-corrected chi connectivity index (χ4v) is 1.32. The van der Waals surface area contributed by atoms with E-state index in [1.54, 1.807) is 11.8 Å². The molecule has 1 aliphatic rings. The molecule has 0 spiro atoms. The smallest absolute Gasteiger partial charge is 0.239 e. The van der Waals surface area contributed by atoms with Gasteiger partial charge in [0.1, 0.15) is 0 Å². The molecule has 13 heavy (non-hydrogen) atoms. The van der Waals surface area contributed by atoms with E-state index in [1.165, 1.54) is 0 Å². The predicted molar refractivity (Wildman–Crippen MR) is 47.1 cm³/mol. The van der Waals surface area contributed by atoms with Crippen molar-refractivity contribution in [3.05, 3.63) is 0 Å². The van der Waals surface area contributed by atoms with E-state index < -0.39 is 6.04 Å². The van der Waals surface area contributed by atoms with Crippen molar-refractivity contribution in [2.24, 2.45) is 5.73 Å². The first kappa shape index (κ1) is 10.4. The molecule has 0 radical (unpaired) electrons. The first-order valence-electron chi connectivity index (χ1n) is 4.42. The minimum absolute atomic E-state index is 0.0528. The molecule has 1 aliphatic heterocycles. The van der Waals surface area contributed by atoms with Crippen LogP contribution in [-0.4, -0.2) is 54.4 Å². The molecule has 1 unspecified atom stereocenters. The Bertz CT molecular complexity index is 184. The summed E-state index contributed by atoms with van der Waals surface area (Å²) in [6.07, 6.45) is -0.253. The minimum atomic E-state index is -0.475. The highest BCUT2D eigenvalue weighted by atomic mass is 16.5. The summed E-state index contributed by atoms with van der Waals surface area (Å²) >= 11 is 0. The zero-order valence-corrected chi connectivity index (χ0v) is 7.77. The van der Waals surface area contributed by atoms with E-state index in [1.807, 2.05) is 0 Å². The summed E-state index contributed by atoms with van der Waals surface area (Å²) < 4.78 is 5.20. The number of hydrogen-bond donors (Lipinski definition) is 2. The molecular weight excluding hydrogens is 172 g/mol. The Morgan fingerprint density at radius 1 is 1.85 bits per heavy atom. The molecule has 0 saturated carbocycles. The van der Waals surface area contributed by atoms with Crippen LogP contribution in [0.5, 0.6) is 0 Å². The van der Waals surface area contributed by atoms with Gasteiger partial charge in [-0.2, -0.15) is 0 Å². The maximum Gasteiger partial charge on any atom is 0.239 e. The molecule has 2 atom stereocenters. The SMILES string of the molecule is C[C@H](N)C(=O)N1CCOC(CO)C1. The van der Waals surface area contributed by atoms with Crippen LogP contribution in [0.15, 0.2) is 0 Å². The van der Waals surface area contributed by atoms with Crippen LogP contribution in [0.4, 0.5) is 0 Å². The van der Waals surface area contributed by atoms with Crippen molar-refractivity contribution in [1.29, 1.82) is 0 Å². The number of aliphatic hydroxyl groups is 1. The second kappa shape index (κ2) is 4.55. The van der Waals surface area contributed by atoms with Gasteiger partial charge in [-0.1, -0.05) is 0 Å².